The molecule has 1 atom stereocenters. The zero-order chi connectivity index (χ0) is 15.1. The number of nitrogens with zero attached hydrogens (tertiary/aromatic N) is 3. The number of hydrazine groups is 1. The number of nitrogen functional groups attached to an aromatic ring is 1. The van der Waals surface area contributed by atoms with Crippen molar-refractivity contribution < 1.29 is 9.72 Å². The maximum atomic E-state index is 11.7. The number of aromatic nitrogens is 2. The van der Waals surface area contributed by atoms with E-state index in [9.17, 15) is 14.9 Å². The van der Waals surface area contributed by atoms with Gasteiger partial charge in [0.15, 0.2) is 0 Å². The van der Waals surface area contributed by atoms with E-state index in [-0.39, 0.29) is 23.4 Å². The lowest BCUT2D eigenvalue weighted by Gasteiger charge is -2.14. The fourth-order valence-corrected chi connectivity index (χ4v) is 1.36. The minimum atomic E-state index is -0.680. The second-order valence-corrected chi connectivity index (χ2v) is 3.99. The van der Waals surface area contributed by atoms with Gasteiger partial charge >= 0.3 is 5.69 Å². The maximum absolute atomic E-state index is 11.7. The first-order valence-corrected chi connectivity index (χ1v) is 6.01. The molecule has 0 saturated carbocycles. The molecule has 1 amide bonds. The molecule has 0 saturated heterocycles. The second kappa shape index (κ2) is 7.19. The molecule has 0 aliphatic carbocycles. The van der Waals surface area contributed by atoms with Crippen LogP contribution in [0.25, 0.3) is 0 Å². The summed E-state index contributed by atoms with van der Waals surface area (Å²) in [6.07, 6.45) is 1.81. The summed E-state index contributed by atoms with van der Waals surface area (Å²) < 4.78 is 0. The van der Waals surface area contributed by atoms with Gasteiger partial charge in [-0.3, -0.25) is 20.3 Å². The first kappa shape index (κ1) is 15.6. The Kier molecular flexibility index (Phi) is 5.59. The third kappa shape index (κ3) is 4.02. The molecule has 0 spiro atoms. The fourth-order valence-electron chi connectivity index (χ4n) is 1.36. The molecule has 1 heterocycles. The van der Waals surface area contributed by atoms with Gasteiger partial charge in [-0.15, -0.1) is 0 Å². The molecule has 1 rings (SSSR count). The van der Waals surface area contributed by atoms with Gasteiger partial charge in [0.1, 0.15) is 12.2 Å². The van der Waals surface area contributed by atoms with Gasteiger partial charge in [0, 0.05) is 6.54 Å². The van der Waals surface area contributed by atoms with Crippen LogP contribution in [0.1, 0.15) is 20.3 Å². The number of hydrogen-bond acceptors (Lipinski definition) is 8. The van der Waals surface area contributed by atoms with E-state index < -0.39 is 11.0 Å². The smallest absolute Gasteiger partial charge is 0.329 e. The zero-order valence-corrected chi connectivity index (χ0v) is 11.2. The summed E-state index contributed by atoms with van der Waals surface area (Å²) in [6, 6.07) is -0.680. The Bertz CT molecular complexity index is 494. The second-order valence-electron chi connectivity index (χ2n) is 3.99. The first-order chi connectivity index (χ1) is 9.49. The quantitative estimate of drug-likeness (QED) is 0.310. The van der Waals surface area contributed by atoms with Crippen molar-refractivity contribution in [3.8, 4) is 0 Å². The highest BCUT2D eigenvalue weighted by atomic mass is 16.6. The van der Waals surface area contributed by atoms with Gasteiger partial charge in [-0.2, -0.15) is 4.98 Å². The topological polar surface area (TPSA) is 148 Å². The molecule has 1 unspecified atom stereocenters. The molecule has 1 aromatic heterocycles. The van der Waals surface area contributed by atoms with Crippen molar-refractivity contribution in [2.45, 2.75) is 26.3 Å². The molecular formula is C10H17N7O3. The van der Waals surface area contributed by atoms with E-state index in [4.69, 9.17) is 5.84 Å². The molecule has 20 heavy (non-hydrogen) atoms. The third-order valence-electron chi connectivity index (χ3n) is 2.39. The molecule has 10 heteroatoms. The summed E-state index contributed by atoms with van der Waals surface area (Å²) in [5, 5.41) is 16.2. The van der Waals surface area contributed by atoms with Crippen molar-refractivity contribution in [3.63, 3.8) is 0 Å². The van der Waals surface area contributed by atoms with E-state index in [1.165, 1.54) is 0 Å². The van der Waals surface area contributed by atoms with Crippen LogP contribution in [0.2, 0.25) is 0 Å². The summed E-state index contributed by atoms with van der Waals surface area (Å²) in [4.78, 5) is 29.4. The summed E-state index contributed by atoms with van der Waals surface area (Å²) in [5.74, 6) is 4.81. The third-order valence-corrected chi connectivity index (χ3v) is 2.39. The van der Waals surface area contributed by atoms with Crippen LogP contribution in [0, 0.1) is 10.1 Å². The van der Waals surface area contributed by atoms with Gasteiger partial charge < -0.3 is 10.6 Å². The molecule has 0 bridgehead atoms. The van der Waals surface area contributed by atoms with E-state index in [0.29, 0.717) is 6.54 Å². The monoisotopic (exact) mass is 283 g/mol. The molecular weight excluding hydrogens is 266 g/mol. The molecule has 1 aromatic rings. The van der Waals surface area contributed by atoms with Crippen molar-refractivity contribution in [1.82, 2.24) is 15.3 Å². The summed E-state index contributed by atoms with van der Waals surface area (Å²) in [6.45, 7) is 4.03. The van der Waals surface area contributed by atoms with Gasteiger partial charge in [-0.1, -0.05) is 6.92 Å². The number of carbonyl (C=O) groups excluding carboxylic acids is 1. The highest BCUT2D eigenvalue weighted by Crippen LogP contribution is 2.22. The van der Waals surface area contributed by atoms with Crippen LogP contribution in [-0.4, -0.2) is 33.4 Å². The highest BCUT2D eigenvalue weighted by Gasteiger charge is 2.21. The van der Waals surface area contributed by atoms with Crippen molar-refractivity contribution in [2.75, 3.05) is 17.3 Å². The average molecular weight is 283 g/mol. The van der Waals surface area contributed by atoms with Crippen LogP contribution in [0.15, 0.2) is 6.20 Å². The van der Waals surface area contributed by atoms with Gasteiger partial charge in [0.25, 0.3) is 0 Å². The standard InChI is InChI=1S/C10H17N7O3/c1-3-4-12-9(18)6(2)14-8-7(17(19)20)5-13-10(15-8)16-11/h5-6H,3-4,11H2,1-2H3,(H,12,18)(H2,13,14,15,16). The van der Waals surface area contributed by atoms with E-state index in [1.54, 1.807) is 6.92 Å². The molecule has 110 valence electrons. The van der Waals surface area contributed by atoms with Crippen LogP contribution >= 0.6 is 0 Å². The molecule has 0 aliphatic heterocycles. The summed E-state index contributed by atoms with van der Waals surface area (Å²) in [5.41, 5.74) is 1.85. The zero-order valence-electron chi connectivity index (χ0n) is 11.2. The largest absolute Gasteiger partial charge is 0.354 e. The van der Waals surface area contributed by atoms with Crippen molar-refractivity contribution in [1.29, 1.82) is 0 Å². The lowest BCUT2D eigenvalue weighted by molar-refractivity contribution is -0.384. The molecule has 0 radical (unpaired) electrons. The van der Waals surface area contributed by atoms with Crippen LogP contribution < -0.4 is 21.9 Å². The Morgan fingerprint density at radius 2 is 2.30 bits per heavy atom. The SMILES string of the molecule is CCCNC(=O)C(C)Nc1nc(NN)ncc1[N+](=O)[O-]. The summed E-state index contributed by atoms with van der Waals surface area (Å²) in [7, 11) is 0. The number of carbonyl (C=O) groups is 1. The predicted octanol–water partition coefficient (Wildman–Crippen LogP) is -0.00300. The van der Waals surface area contributed by atoms with Crippen molar-refractivity contribution in [3.05, 3.63) is 16.3 Å². The molecule has 0 fully saturated rings. The van der Waals surface area contributed by atoms with Crippen molar-refractivity contribution in [2.24, 2.45) is 5.84 Å². The number of anilines is 2. The Morgan fingerprint density at radius 3 is 2.85 bits per heavy atom. The average Bonchev–Trinajstić information content (AvgIpc) is 2.44. The highest BCUT2D eigenvalue weighted by molar-refractivity contribution is 5.84. The Labute approximate surface area is 115 Å². The van der Waals surface area contributed by atoms with E-state index in [0.717, 1.165) is 12.6 Å². The van der Waals surface area contributed by atoms with Crippen LogP contribution in [0.4, 0.5) is 17.5 Å². The minimum absolute atomic E-state index is 0.0132. The van der Waals surface area contributed by atoms with Gasteiger partial charge in [-0.25, -0.2) is 10.8 Å². The van der Waals surface area contributed by atoms with Gasteiger partial charge in [0.05, 0.1) is 4.92 Å². The molecule has 0 aromatic carbocycles. The number of nitro groups is 1. The molecule has 5 N–H and O–H groups in total. The number of amides is 1. The first-order valence-electron chi connectivity index (χ1n) is 6.01. The van der Waals surface area contributed by atoms with Crippen LogP contribution in [0.3, 0.4) is 0 Å². The predicted molar refractivity (Wildman–Crippen MR) is 72.9 cm³/mol. The maximum Gasteiger partial charge on any atom is 0.329 e. The van der Waals surface area contributed by atoms with Crippen LogP contribution in [-0.2, 0) is 4.79 Å². The molecule has 0 aliphatic rings. The van der Waals surface area contributed by atoms with Crippen molar-refractivity contribution >= 4 is 23.4 Å². The van der Waals surface area contributed by atoms with Gasteiger partial charge in [-0.05, 0) is 13.3 Å². The summed E-state index contributed by atoms with van der Waals surface area (Å²) >= 11 is 0. The van der Waals surface area contributed by atoms with Gasteiger partial charge in [0.2, 0.25) is 17.7 Å². The van der Waals surface area contributed by atoms with E-state index >= 15 is 0 Å². The Morgan fingerprint density at radius 1 is 1.60 bits per heavy atom. The van der Waals surface area contributed by atoms with Crippen LogP contribution in [0.5, 0.6) is 0 Å². The lowest BCUT2D eigenvalue weighted by Crippen LogP contribution is -2.38. The normalized spacial score (nSPS) is 11.6. The lowest BCUT2D eigenvalue weighted by atomic mass is 10.3. The Hall–Kier alpha value is -2.49. The van der Waals surface area contributed by atoms with E-state index in [1.807, 2.05) is 6.92 Å². The van der Waals surface area contributed by atoms with E-state index in [2.05, 4.69) is 26.0 Å². The number of nitrogens with two attached hydrogens (primary N) is 1. The minimum Gasteiger partial charge on any atom is -0.354 e. The Balaban J connectivity index is 2.89. The number of hydrogen-bond donors (Lipinski definition) is 4. The number of nitrogens with one attached hydrogen (secondary N) is 3. The number of rotatable bonds is 7. The fraction of sp³-hybridized carbons (Fsp3) is 0.500. The molecule has 10 nitrogen and oxygen atoms in total.